The molecule has 0 aromatic heterocycles. The van der Waals surface area contributed by atoms with E-state index in [0.717, 1.165) is 17.6 Å². The van der Waals surface area contributed by atoms with Crippen molar-refractivity contribution in [1.82, 2.24) is 9.80 Å². The van der Waals surface area contributed by atoms with Gasteiger partial charge in [-0.1, -0.05) is 30.2 Å². The normalized spacial score (nSPS) is 25.8. The number of rotatable bonds is 3. The maximum atomic E-state index is 5.93. The van der Waals surface area contributed by atoms with Crippen molar-refractivity contribution in [2.24, 2.45) is 0 Å². The van der Waals surface area contributed by atoms with Gasteiger partial charge in [0.2, 0.25) is 0 Å². The Morgan fingerprint density at radius 3 is 2.47 bits per heavy atom. The Morgan fingerprint density at radius 2 is 1.74 bits per heavy atom. The maximum Gasteiger partial charge on any atom is 0.0406 e. The van der Waals surface area contributed by atoms with E-state index in [2.05, 4.69) is 21.9 Å². The highest BCUT2D eigenvalue weighted by atomic mass is 35.5. The van der Waals surface area contributed by atoms with E-state index >= 15 is 0 Å². The van der Waals surface area contributed by atoms with Crippen LogP contribution in [0.3, 0.4) is 0 Å². The van der Waals surface area contributed by atoms with Gasteiger partial charge in [0.15, 0.2) is 0 Å². The standard InChI is InChI=1S/C16H23ClN2/c17-15-6-4-14(5-7-15)12-18-11-8-16(13-18)19-9-2-1-3-10-19/h4-7,16H,1-3,8-13H2. The summed E-state index contributed by atoms with van der Waals surface area (Å²) in [5.41, 5.74) is 1.38. The van der Waals surface area contributed by atoms with Crippen LogP contribution in [0.25, 0.3) is 0 Å². The van der Waals surface area contributed by atoms with E-state index < -0.39 is 0 Å². The summed E-state index contributed by atoms with van der Waals surface area (Å²) in [5.74, 6) is 0. The van der Waals surface area contributed by atoms with Crippen LogP contribution < -0.4 is 0 Å². The van der Waals surface area contributed by atoms with Gasteiger partial charge in [0, 0.05) is 30.7 Å². The van der Waals surface area contributed by atoms with Gasteiger partial charge in [0.1, 0.15) is 0 Å². The third-order valence-electron chi connectivity index (χ3n) is 4.47. The first kappa shape index (κ1) is 13.4. The first-order valence-corrected chi connectivity index (χ1v) is 7.90. The van der Waals surface area contributed by atoms with Crippen LogP contribution in [0.2, 0.25) is 5.02 Å². The lowest BCUT2D eigenvalue weighted by Gasteiger charge is -2.32. The predicted molar refractivity (Wildman–Crippen MR) is 80.6 cm³/mol. The van der Waals surface area contributed by atoms with Gasteiger partial charge in [0.25, 0.3) is 0 Å². The molecule has 1 aromatic rings. The molecule has 1 aromatic carbocycles. The summed E-state index contributed by atoms with van der Waals surface area (Å²) in [6, 6.07) is 9.09. The van der Waals surface area contributed by atoms with Crippen molar-refractivity contribution in [3.8, 4) is 0 Å². The summed E-state index contributed by atoms with van der Waals surface area (Å²) < 4.78 is 0. The molecule has 0 spiro atoms. The van der Waals surface area contributed by atoms with Gasteiger partial charge in [0.05, 0.1) is 0 Å². The molecule has 0 bridgehead atoms. The second-order valence-corrected chi connectivity index (χ2v) is 6.34. The molecule has 19 heavy (non-hydrogen) atoms. The van der Waals surface area contributed by atoms with E-state index in [0.29, 0.717) is 0 Å². The third kappa shape index (κ3) is 3.50. The van der Waals surface area contributed by atoms with Crippen LogP contribution in [-0.2, 0) is 6.54 Å². The minimum atomic E-state index is 0.799. The molecule has 2 heterocycles. The molecule has 2 fully saturated rings. The van der Waals surface area contributed by atoms with Crippen molar-refractivity contribution in [1.29, 1.82) is 0 Å². The van der Waals surface area contributed by atoms with Gasteiger partial charge in [-0.25, -0.2) is 0 Å². The van der Waals surface area contributed by atoms with Crippen LogP contribution in [0.4, 0.5) is 0 Å². The Morgan fingerprint density at radius 1 is 1.00 bits per heavy atom. The van der Waals surface area contributed by atoms with Crippen LogP contribution >= 0.6 is 11.6 Å². The molecule has 0 amide bonds. The van der Waals surface area contributed by atoms with Crippen molar-refractivity contribution >= 4 is 11.6 Å². The summed E-state index contributed by atoms with van der Waals surface area (Å²) >= 11 is 5.93. The van der Waals surface area contributed by atoms with Crippen molar-refractivity contribution < 1.29 is 0 Å². The molecular weight excluding hydrogens is 256 g/mol. The SMILES string of the molecule is Clc1ccc(CN2CCC(N3CCCCC3)C2)cc1. The molecule has 3 heteroatoms. The fraction of sp³-hybridized carbons (Fsp3) is 0.625. The van der Waals surface area contributed by atoms with Gasteiger partial charge >= 0.3 is 0 Å². The average molecular weight is 279 g/mol. The summed E-state index contributed by atoms with van der Waals surface area (Å²) in [6.45, 7) is 6.19. The third-order valence-corrected chi connectivity index (χ3v) is 4.73. The van der Waals surface area contributed by atoms with Crippen LogP contribution in [0.1, 0.15) is 31.2 Å². The smallest absolute Gasteiger partial charge is 0.0406 e. The number of hydrogen-bond acceptors (Lipinski definition) is 2. The van der Waals surface area contributed by atoms with Gasteiger partial charge < -0.3 is 0 Å². The highest BCUT2D eigenvalue weighted by molar-refractivity contribution is 6.30. The minimum absolute atomic E-state index is 0.799. The van der Waals surface area contributed by atoms with Crippen molar-refractivity contribution in [2.75, 3.05) is 26.2 Å². The number of benzene rings is 1. The Kier molecular flexibility index (Phi) is 4.42. The number of nitrogens with zero attached hydrogens (tertiary/aromatic N) is 2. The van der Waals surface area contributed by atoms with E-state index in [1.54, 1.807) is 0 Å². The minimum Gasteiger partial charge on any atom is -0.299 e. The van der Waals surface area contributed by atoms with Crippen LogP contribution in [0.5, 0.6) is 0 Å². The summed E-state index contributed by atoms with van der Waals surface area (Å²) in [6.07, 6.45) is 5.56. The van der Waals surface area contributed by atoms with E-state index in [1.165, 1.54) is 57.4 Å². The molecule has 2 aliphatic heterocycles. The first-order chi connectivity index (χ1) is 9.31. The number of likely N-dealkylation sites (tertiary alicyclic amines) is 2. The maximum absolute atomic E-state index is 5.93. The van der Waals surface area contributed by atoms with Crippen LogP contribution in [0.15, 0.2) is 24.3 Å². The zero-order chi connectivity index (χ0) is 13.1. The molecule has 2 saturated heterocycles. The summed E-state index contributed by atoms with van der Waals surface area (Å²) in [7, 11) is 0. The second kappa shape index (κ2) is 6.25. The molecule has 0 N–H and O–H groups in total. The molecule has 0 radical (unpaired) electrons. The Bertz CT molecular complexity index is 398. The highest BCUT2D eigenvalue weighted by Gasteiger charge is 2.28. The molecule has 0 saturated carbocycles. The molecule has 0 aliphatic carbocycles. The molecule has 2 aliphatic rings. The first-order valence-electron chi connectivity index (χ1n) is 7.52. The Balaban J connectivity index is 1.52. The fourth-order valence-electron chi connectivity index (χ4n) is 3.39. The average Bonchev–Trinajstić information content (AvgIpc) is 2.91. The molecule has 3 rings (SSSR count). The largest absolute Gasteiger partial charge is 0.299 e. The van der Waals surface area contributed by atoms with Gasteiger partial charge in [-0.2, -0.15) is 0 Å². The van der Waals surface area contributed by atoms with E-state index in [-0.39, 0.29) is 0 Å². The lowest BCUT2D eigenvalue weighted by Crippen LogP contribution is -2.40. The molecule has 2 nitrogen and oxygen atoms in total. The quantitative estimate of drug-likeness (QED) is 0.836. The van der Waals surface area contributed by atoms with Gasteiger partial charge in [-0.15, -0.1) is 0 Å². The molecule has 1 atom stereocenters. The zero-order valence-electron chi connectivity index (χ0n) is 11.5. The molecular formula is C16H23ClN2. The Labute approximate surface area is 121 Å². The van der Waals surface area contributed by atoms with E-state index in [4.69, 9.17) is 11.6 Å². The van der Waals surface area contributed by atoms with Gasteiger partial charge in [-0.05, 0) is 50.0 Å². The van der Waals surface area contributed by atoms with Crippen molar-refractivity contribution in [3.63, 3.8) is 0 Å². The van der Waals surface area contributed by atoms with Crippen molar-refractivity contribution in [2.45, 2.75) is 38.3 Å². The topological polar surface area (TPSA) is 6.48 Å². The van der Waals surface area contributed by atoms with Gasteiger partial charge in [-0.3, -0.25) is 9.80 Å². The highest BCUT2D eigenvalue weighted by Crippen LogP contribution is 2.22. The van der Waals surface area contributed by atoms with E-state index in [1.807, 2.05) is 12.1 Å². The number of piperidine rings is 1. The Hall–Kier alpha value is -0.570. The molecule has 1 unspecified atom stereocenters. The lowest BCUT2D eigenvalue weighted by molar-refractivity contribution is 0.161. The van der Waals surface area contributed by atoms with E-state index in [9.17, 15) is 0 Å². The monoisotopic (exact) mass is 278 g/mol. The van der Waals surface area contributed by atoms with Crippen molar-refractivity contribution in [3.05, 3.63) is 34.9 Å². The lowest BCUT2D eigenvalue weighted by atomic mass is 10.1. The number of hydrogen-bond donors (Lipinski definition) is 0. The predicted octanol–water partition coefficient (Wildman–Crippen LogP) is 3.40. The fourth-order valence-corrected chi connectivity index (χ4v) is 3.51. The molecule has 104 valence electrons. The van der Waals surface area contributed by atoms with Crippen LogP contribution in [-0.4, -0.2) is 42.0 Å². The number of halogens is 1. The zero-order valence-corrected chi connectivity index (χ0v) is 12.3. The summed E-state index contributed by atoms with van der Waals surface area (Å²) in [4.78, 5) is 5.30. The second-order valence-electron chi connectivity index (χ2n) is 5.90. The summed E-state index contributed by atoms with van der Waals surface area (Å²) in [5, 5.41) is 0.830. The van der Waals surface area contributed by atoms with Crippen LogP contribution in [0, 0.1) is 0 Å².